The molecule has 1 atom stereocenters. The van der Waals surface area contributed by atoms with E-state index >= 15 is 0 Å². The Bertz CT molecular complexity index is 926. The lowest BCUT2D eigenvalue weighted by molar-refractivity contribution is -0.123. The van der Waals surface area contributed by atoms with Gasteiger partial charge >= 0.3 is 5.97 Å². The van der Waals surface area contributed by atoms with Gasteiger partial charge in [-0.1, -0.05) is 41.9 Å². The summed E-state index contributed by atoms with van der Waals surface area (Å²) in [5, 5.41) is 7.17. The molecule has 0 saturated heterocycles. The zero-order valence-corrected chi connectivity index (χ0v) is 15.3. The number of anilines is 1. The van der Waals surface area contributed by atoms with Crippen LogP contribution in [0.15, 0.2) is 61.1 Å². The van der Waals surface area contributed by atoms with Crippen LogP contribution in [0.2, 0.25) is 5.02 Å². The number of carbonyl (C=O) groups excluding carboxylic acids is 2. The summed E-state index contributed by atoms with van der Waals surface area (Å²) in [6.45, 7) is 2.02. The highest BCUT2D eigenvalue weighted by Gasteiger charge is 2.20. The number of hydrogen-bond donors (Lipinski definition) is 1. The number of benzene rings is 1. The number of halogens is 1. The van der Waals surface area contributed by atoms with E-state index in [1.165, 1.54) is 19.3 Å². The average Bonchev–Trinajstić information content (AvgIpc) is 3.13. The van der Waals surface area contributed by atoms with Crippen molar-refractivity contribution >= 4 is 29.3 Å². The van der Waals surface area contributed by atoms with Gasteiger partial charge in [-0.25, -0.2) is 9.78 Å². The first-order chi connectivity index (χ1) is 13.0. The van der Waals surface area contributed by atoms with Gasteiger partial charge in [-0.05, 0) is 24.6 Å². The molecule has 2 aromatic heterocycles. The summed E-state index contributed by atoms with van der Waals surface area (Å²) in [6, 6.07) is 12.9. The van der Waals surface area contributed by atoms with Crippen LogP contribution in [-0.4, -0.2) is 32.7 Å². The van der Waals surface area contributed by atoms with Gasteiger partial charge in [0.15, 0.2) is 6.10 Å². The van der Waals surface area contributed by atoms with E-state index in [0.717, 1.165) is 5.56 Å². The van der Waals surface area contributed by atoms with Gasteiger partial charge in [-0.15, -0.1) is 0 Å². The molecular weight excluding hydrogens is 368 g/mol. The Morgan fingerprint density at radius 2 is 1.96 bits per heavy atom. The largest absolute Gasteiger partial charge is 0.449 e. The number of aromatic nitrogens is 3. The van der Waals surface area contributed by atoms with Crippen LogP contribution >= 0.6 is 11.6 Å². The van der Waals surface area contributed by atoms with Crippen LogP contribution in [0.4, 0.5) is 5.82 Å². The molecular formula is C19H17ClN4O3. The number of nitrogens with one attached hydrogen (secondary N) is 1. The maximum Gasteiger partial charge on any atom is 0.342 e. The van der Waals surface area contributed by atoms with Gasteiger partial charge in [-0.2, -0.15) is 5.10 Å². The number of hydrogen-bond acceptors (Lipinski definition) is 5. The van der Waals surface area contributed by atoms with Crippen LogP contribution in [0.5, 0.6) is 0 Å². The van der Waals surface area contributed by atoms with E-state index in [2.05, 4.69) is 15.4 Å². The van der Waals surface area contributed by atoms with E-state index in [9.17, 15) is 9.59 Å². The molecule has 0 saturated carbocycles. The van der Waals surface area contributed by atoms with E-state index in [-0.39, 0.29) is 5.56 Å². The van der Waals surface area contributed by atoms with E-state index in [1.54, 1.807) is 23.0 Å². The van der Waals surface area contributed by atoms with Crippen LogP contribution < -0.4 is 5.32 Å². The fourth-order valence-electron chi connectivity index (χ4n) is 2.29. The number of esters is 1. The van der Waals surface area contributed by atoms with Crippen molar-refractivity contribution in [3.63, 3.8) is 0 Å². The third-order valence-electron chi connectivity index (χ3n) is 3.69. The standard InChI is InChI=1S/C19H17ClN4O3/c1-13(18(25)23-17-8-7-16(20)10-21-17)27-19(26)15-9-22-24(12-15)11-14-5-3-2-4-6-14/h2-10,12-13H,11H2,1H3,(H,21,23,25). The zero-order chi connectivity index (χ0) is 19.2. The lowest BCUT2D eigenvalue weighted by Gasteiger charge is -2.12. The van der Waals surface area contributed by atoms with Gasteiger partial charge in [-0.3, -0.25) is 9.48 Å². The molecule has 0 radical (unpaired) electrons. The summed E-state index contributed by atoms with van der Waals surface area (Å²) in [5.41, 5.74) is 1.33. The minimum Gasteiger partial charge on any atom is -0.449 e. The Kier molecular flexibility index (Phi) is 5.83. The molecule has 27 heavy (non-hydrogen) atoms. The second kappa shape index (κ2) is 8.46. The van der Waals surface area contributed by atoms with Gasteiger partial charge in [0.05, 0.1) is 23.3 Å². The first-order valence-electron chi connectivity index (χ1n) is 8.21. The molecule has 0 bridgehead atoms. The SMILES string of the molecule is CC(OC(=O)c1cnn(Cc2ccccc2)c1)C(=O)Nc1ccc(Cl)cn1. The summed E-state index contributed by atoms with van der Waals surface area (Å²) in [6.07, 6.45) is 3.42. The second-order valence-corrected chi connectivity index (χ2v) is 6.25. The van der Waals surface area contributed by atoms with Crippen molar-refractivity contribution in [2.45, 2.75) is 19.6 Å². The Hall–Kier alpha value is -3.19. The summed E-state index contributed by atoms with van der Waals surface area (Å²) in [4.78, 5) is 28.3. The highest BCUT2D eigenvalue weighted by molar-refractivity contribution is 6.30. The number of carbonyl (C=O) groups is 2. The molecule has 0 aliphatic heterocycles. The lowest BCUT2D eigenvalue weighted by atomic mass is 10.2. The van der Waals surface area contributed by atoms with Crippen molar-refractivity contribution in [2.75, 3.05) is 5.32 Å². The van der Waals surface area contributed by atoms with Crippen molar-refractivity contribution in [1.29, 1.82) is 0 Å². The van der Waals surface area contributed by atoms with Crippen molar-refractivity contribution in [1.82, 2.24) is 14.8 Å². The van der Waals surface area contributed by atoms with Gasteiger partial charge in [0, 0.05) is 12.4 Å². The lowest BCUT2D eigenvalue weighted by Crippen LogP contribution is -2.30. The average molecular weight is 385 g/mol. The third-order valence-corrected chi connectivity index (χ3v) is 3.91. The summed E-state index contributed by atoms with van der Waals surface area (Å²) in [7, 11) is 0. The molecule has 138 valence electrons. The summed E-state index contributed by atoms with van der Waals surface area (Å²) >= 11 is 5.75. The molecule has 0 aliphatic rings. The van der Waals surface area contributed by atoms with Gasteiger partial charge in [0.1, 0.15) is 5.82 Å². The van der Waals surface area contributed by atoms with Crippen molar-refractivity contribution in [3.05, 3.63) is 77.2 Å². The highest BCUT2D eigenvalue weighted by atomic mass is 35.5. The first kappa shape index (κ1) is 18.6. The van der Waals surface area contributed by atoms with E-state index in [0.29, 0.717) is 17.4 Å². The first-order valence-corrected chi connectivity index (χ1v) is 8.59. The van der Waals surface area contributed by atoms with Crippen molar-refractivity contribution in [2.24, 2.45) is 0 Å². The Morgan fingerprint density at radius 3 is 2.67 bits per heavy atom. The Balaban J connectivity index is 1.56. The topological polar surface area (TPSA) is 86.1 Å². The predicted octanol–water partition coefficient (Wildman–Crippen LogP) is 3.16. The van der Waals surface area contributed by atoms with Gasteiger partial charge in [0.25, 0.3) is 5.91 Å². The quantitative estimate of drug-likeness (QED) is 0.660. The number of pyridine rings is 1. The fraction of sp³-hybridized carbons (Fsp3) is 0.158. The van der Waals surface area contributed by atoms with E-state index < -0.39 is 18.0 Å². The molecule has 0 fully saturated rings. The molecule has 1 amide bonds. The number of ether oxygens (including phenoxy) is 1. The van der Waals surface area contributed by atoms with E-state index in [1.807, 2.05) is 30.3 Å². The Labute approximate surface area is 160 Å². The second-order valence-electron chi connectivity index (χ2n) is 5.81. The predicted molar refractivity (Wildman–Crippen MR) is 101 cm³/mol. The number of amides is 1. The maximum atomic E-state index is 12.2. The Morgan fingerprint density at radius 1 is 1.19 bits per heavy atom. The molecule has 1 unspecified atom stereocenters. The molecule has 7 nitrogen and oxygen atoms in total. The van der Waals surface area contributed by atoms with E-state index in [4.69, 9.17) is 16.3 Å². The van der Waals surface area contributed by atoms with Crippen molar-refractivity contribution < 1.29 is 14.3 Å². The molecule has 0 spiro atoms. The van der Waals surface area contributed by atoms with Gasteiger partial charge in [0.2, 0.25) is 0 Å². The van der Waals surface area contributed by atoms with Crippen LogP contribution in [0.3, 0.4) is 0 Å². The maximum absolute atomic E-state index is 12.2. The van der Waals surface area contributed by atoms with Crippen LogP contribution in [0.1, 0.15) is 22.8 Å². The monoisotopic (exact) mass is 384 g/mol. The van der Waals surface area contributed by atoms with Crippen molar-refractivity contribution in [3.8, 4) is 0 Å². The summed E-state index contributed by atoms with van der Waals surface area (Å²) < 4.78 is 6.83. The zero-order valence-electron chi connectivity index (χ0n) is 14.5. The molecule has 3 rings (SSSR count). The summed E-state index contributed by atoms with van der Waals surface area (Å²) in [5.74, 6) is -0.793. The fourth-order valence-corrected chi connectivity index (χ4v) is 2.40. The van der Waals surface area contributed by atoms with Crippen LogP contribution in [0.25, 0.3) is 0 Å². The minimum atomic E-state index is -0.993. The third kappa shape index (κ3) is 5.15. The molecule has 8 heteroatoms. The number of rotatable bonds is 6. The van der Waals surface area contributed by atoms with Gasteiger partial charge < -0.3 is 10.1 Å². The molecule has 1 aromatic carbocycles. The number of nitrogens with zero attached hydrogens (tertiary/aromatic N) is 3. The molecule has 0 aliphatic carbocycles. The van der Waals surface area contributed by atoms with Crippen LogP contribution in [0, 0.1) is 0 Å². The normalized spacial score (nSPS) is 11.6. The highest BCUT2D eigenvalue weighted by Crippen LogP contribution is 2.11. The van der Waals surface area contributed by atoms with Crippen LogP contribution in [-0.2, 0) is 16.1 Å². The molecule has 2 heterocycles. The molecule has 1 N–H and O–H groups in total. The molecule has 3 aromatic rings. The minimum absolute atomic E-state index is 0.273. The smallest absolute Gasteiger partial charge is 0.342 e.